The van der Waals surface area contributed by atoms with Gasteiger partial charge in [-0.15, -0.1) is 0 Å². The smallest absolute Gasteiger partial charge is 0.335 e. The molecule has 1 aromatic rings. The van der Waals surface area contributed by atoms with Crippen molar-refractivity contribution in [2.24, 2.45) is 0 Å². The molecule has 0 bridgehead atoms. The van der Waals surface area contributed by atoms with Crippen molar-refractivity contribution < 1.29 is 24.2 Å². The average molecular weight is 321 g/mol. The van der Waals surface area contributed by atoms with Gasteiger partial charge in [0.2, 0.25) is 5.91 Å². The molecule has 0 aliphatic carbocycles. The zero-order valence-corrected chi connectivity index (χ0v) is 14.0. The first-order valence-corrected chi connectivity index (χ1v) is 7.37. The largest absolute Gasteiger partial charge is 0.478 e. The Balaban J connectivity index is 2.58. The van der Waals surface area contributed by atoms with Crippen LogP contribution >= 0.6 is 0 Å². The third kappa shape index (κ3) is 6.50. The van der Waals surface area contributed by atoms with Gasteiger partial charge in [0.15, 0.2) is 0 Å². The van der Waals surface area contributed by atoms with Gasteiger partial charge in [0.1, 0.15) is 5.60 Å². The summed E-state index contributed by atoms with van der Waals surface area (Å²) in [5, 5.41) is 9.12. The molecule has 1 rings (SSSR count). The SMILES string of the molecule is CN(CCC(=O)OC(C)(C)C)C(=O)Cc1ccccc1C(=O)O. The number of amides is 1. The predicted octanol–water partition coefficient (Wildman–Crippen LogP) is 2.12. The number of rotatable bonds is 6. The van der Waals surface area contributed by atoms with E-state index in [4.69, 9.17) is 9.84 Å². The van der Waals surface area contributed by atoms with E-state index in [-0.39, 0.29) is 36.8 Å². The van der Waals surface area contributed by atoms with Gasteiger partial charge < -0.3 is 14.7 Å². The third-order valence-electron chi connectivity index (χ3n) is 3.09. The number of hydrogen-bond donors (Lipinski definition) is 1. The summed E-state index contributed by atoms with van der Waals surface area (Å²) in [5.74, 6) is -1.69. The number of benzene rings is 1. The highest BCUT2D eigenvalue weighted by Crippen LogP contribution is 2.12. The fourth-order valence-electron chi connectivity index (χ4n) is 1.96. The maximum absolute atomic E-state index is 12.2. The number of ether oxygens (including phenoxy) is 1. The fourth-order valence-corrected chi connectivity index (χ4v) is 1.96. The molecule has 0 fully saturated rings. The number of carboxylic acid groups (broad SMARTS) is 1. The van der Waals surface area contributed by atoms with Crippen LogP contribution in [-0.4, -0.2) is 47.0 Å². The molecule has 0 aliphatic heterocycles. The Morgan fingerprint density at radius 2 is 1.78 bits per heavy atom. The van der Waals surface area contributed by atoms with Crippen molar-refractivity contribution in [2.45, 2.75) is 39.2 Å². The lowest BCUT2D eigenvalue weighted by Crippen LogP contribution is -2.32. The van der Waals surface area contributed by atoms with Gasteiger partial charge in [0.05, 0.1) is 18.4 Å². The zero-order valence-electron chi connectivity index (χ0n) is 14.0. The molecule has 0 unspecified atom stereocenters. The highest BCUT2D eigenvalue weighted by Gasteiger charge is 2.19. The molecule has 6 heteroatoms. The van der Waals surface area contributed by atoms with Crippen molar-refractivity contribution in [3.8, 4) is 0 Å². The quantitative estimate of drug-likeness (QED) is 0.811. The Morgan fingerprint density at radius 1 is 1.17 bits per heavy atom. The Morgan fingerprint density at radius 3 is 2.35 bits per heavy atom. The van der Waals surface area contributed by atoms with Crippen molar-refractivity contribution >= 4 is 17.8 Å². The van der Waals surface area contributed by atoms with Gasteiger partial charge in [-0.2, -0.15) is 0 Å². The summed E-state index contributed by atoms with van der Waals surface area (Å²) in [6.45, 7) is 5.57. The average Bonchev–Trinajstić information content (AvgIpc) is 2.43. The van der Waals surface area contributed by atoms with Crippen molar-refractivity contribution in [3.05, 3.63) is 35.4 Å². The number of carboxylic acids is 1. The predicted molar refractivity (Wildman–Crippen MR) is 85.2 cm³/mol. The third-order valence-corrected chi connectivity index (χ3v) is 3.09. The molecule has 0 radical (unpaired) electrons. The number of likely N-dealkylation sites (N-methyl/N-ethyl adjacent to an activating group) is 1. The van der Waals surface area contributed by atoms with E-state index < -0.39 is 11.6 Å². The zero-order chi connectivity index (χ0) is 17.6. The van der Waals surface area contributed by atoms with Gasteiger partial charge in [-0.3, -0.25) is 9.59 Å². The lowest BCUT2D eigenvalue weighted by atomic mass is 10.0. The summed E-state index contributed by atoms with van der Waals surface area (Å²) >= 11 is 0. The summed E-state index contributed by atoms with van der Waals surface area (Å²) in [4.78, 5) is 36.4. The monoisotopic (exact) mass is 321 g/mol. The van der Waals surface area contributed by atoms with Crippen LogP contribution in [0.5, 0.6) is 0 Å². The van der Waals surface area contributed by atoms with Crippen LogP contribution in [0.25, 0.3) is 0 Å². The molecule has 1 amide bonds. The van der Waals surface area contributed by atoms with Crippen LogP contribution < -0.4 is 0 Å². The molecule has 23 heavy (non-hydrogen) atoms. The van der Waals surface area contributed by atoms with Crippen molar-refractivity contribution in [1.82, 2.24) is 4.90 Å². The normalized spacial score (nSPS) is 11.0. The summed E-state index contributed by atoms with van der Waals surface area (Å²) in [5.41, 5.74) is 0.00982. The van der Waals surface area contributed by atoms with Gasteiger partial charge in [-0.05, 0) is 32.4 Å². The van der Waals surface area contributed by atoms with Crippen LogP contribution in [0.1, 0.15) is 43.1 Å². The van der Waals surface area contributed by atoms with Crippen LogP contribution in [0.2, 0.25) is 0 Å². The van der Waals surface area contributed by atoms with Crippen LogP contribution in [0.15, 0.2) is 24.3 Å². The molecule has 0 saturated carbocycles. The molecular formula is C17H23NO5. The van der Waals surface area contributed by atoms with Crippen LogP contribution in [0, 0.1) is 0 Å². The number of aromatic carboxylic acids is 1. The second kappa shape index (κ2) is 7.76. The van der Waals surface area contributed by atoms with E-state index in [1.54, 1.807) is 46.0 Å². The first-order chi connectivity index (χ1) is 10.6. The maximum Gasteiger partial charge on any atom is 0.335 e. The van der Waals surface area contributed by atoms with E-state index in [1.165, 1.54) is 11.0 Å². The number of esters is 1. The molecule has 0 heterocycles. The Hall–Kier alpha value is -2.37. The Kier molecular flexibility index (Phi) is 6.30. The van der Waals surface area contributed by atoms with Crippen LogP contribution in [-0.2, 0) is 20.7 Å². The molecule has 1 aromatic carbocycles. The Bertz CT molecular complexity index is 589. The lowest BCUT2D eigenvalue weighted by Gasteiger charge is -2.21. The molecule has 0 spiro atoms. The highest BCUT2D eigenvalue weighted by molar-refractivity contribution is 5.91. The molecule has 0 aliphatic rings. The maximum atomic E-state index is 12.2. The van der Waals surface area contributed by atoms with Gasteiger partial charge >= 0.3 is 11.9 Å². The number of carbonyl (C=O) groups is 3. The number of hydrogen-bond acceptors (Lipinski definition) is 4. The van der Waals surface area contributed by atoms with Crippen LogP contribution in [0.4, 0.5) is 0 Å². The van der Waals surface area contributed by atoms with Crippen molar-refractivity contribution in [1.29, 1.82) is 0 Å². The summed E-state index contributed by atoms with van der Waals surface area (Å²) in [6.07, 6.45) is 0.0768. The van der Waals surface area contributed by atoms with Crippen molar-refractivity contribution in [3.63, 3.8) is 0 Å². The molecular weight excluding hydrogens is 298 g/mol. The molecule has 0 aromatic heterocycles. The second-order valence-corrected chi connectivity index (χ2v) is 6.29. The van der Waals surface area contributed by atoms with E-state index in [0.717, 1.165) is 0 Å². The summed E-state index contributed by atoms with van der Waals surface area (Å²) in [7, 11) is 1.58. The van der Waals surface area contributed by atoms with Gasteiger partial charge in [-0.1, -0.05) is 18.2 Å². The van der Waals surface area contributed by atoms with E-state index in [0.29, 0.717) is 5.56 Å². The Labute approximate surface area is 136 Å². The van der Waals surface area contributed by atoms with Gasteiger partial charge in [0.25, 0.3) is 0 Å². The topological polar surface area (TPSA) is 83.9 Å². The van der Waals surface area contributed by atoms with E-state index in [2.05, 4.69) is 0 Å². The van der Waals surface area contributed by atoms with E-state index in [9.17, 15) is 14.4 Å². The molecule has 0 saturated heterocycles. The molecule has 126 valence electrons. The second-order valence-electron chi connectivity index (χ2n) is 6.29. The first-order valence-electron chi connectivity index (χ1n) is 7.37. The molecule has 6 nitrogen and oxygen atoms in total. The highest BCUT2D eigenvalue weighted by atomic mass is 16.6. The van der Waals surface area contributed by atoms with Gasteiger partial charge in [-0.25, -0.2) is 4.79 Å². The summed E-state index contributed by atoms with van der Waals surface area (Å²) in [6, 6.07) is 6.38. The minimum absolute atomic E-state index is 0.0205. The minimum atomic E-state index is -1.06. The number of carbonyl (C=O) groups excluding carboxylic acids is 2. The number of nitrogens with zero attached hydrogens (tertiary/aromatic N) is 1. The molecule has 0 atom stereocenters. The standard InChI is InChI=1S/C17H23NO5/c1-17(2,3)23-15(20)9-10-18(4)14(19)11-12-7-5-6-8-13(12)16(21)22/h5-8H,9-11H2,1-4H3,(H,21,22). The van der Waals surface area contributed by atoms with E-state index >= 15 is 0 Å². The molecule has 1 N–H and O–H groups in total. The van der Waals surface area contributed by atoms with Crippen molar-refractivity contribution in [2.75, 3.05) is 13.6 Å². The summed E-state index contributed by atoms with van der Waals surface area (Å²) < 4.78 is 5.18. The van der Waals surface area contributed by atoms with E-state index in [1.807, 2.05) is 0 Å². The minimum Gasteiger partial charge on any atom is -0.478 e. The van der Waals surface area contributed by atoms with Crippen LogP contribution in [0.3, 0.4) is 0 Å². The van der Waals surface area contributed by atoms with Gasteiger partial charge in [0, 0.05) is 13.6 Å². The fraction of sp³-hybridized carbons (Fsp3) is 0.471. The lowest BCUT2D eigenvalue weighted by molar-refractivity contribution is -0.155. The first kappa shape index (κ1) is 18.7.